The number of hydrogen-bond donors (Lipinski definition) is 4. The molecular weight excluding hydrogens is 853 g/mol. The molecule has 62 heavy (non-hydrogen) atoms. The van der Waals surface area contributed by atoms with E-state index in [1.54, 1.807) is 47.5 Å². The molecule has 2 atom stereocenters. The normalized spacial score (nSPS) is 14.9. The number of β-amino-alcohol motifs (C(OH)–C–C–N with tert-alkyl or cyclic N) is 2. The van der Waals surface area contributed by atoms with Crippen LogP contribution >= 0.6 is 0 Å². The van der Waals surface area contributed by atoms with Crippen molar-refractivity contribution in [2.45, 2.75) is 48.9 Å². The standard InChI is InChI=1S/C24H34N10O6.2C7H8O3S/c1-27-19-17(21(37)29(3)23(27)39)33(13-25-19)11-15(35)9-31-5-7-32(8-6-31)10-16(36)12-34-14-26-20-18(34)22(38)30(4)24(40)28(20)2;2*1-6-2-4-7(5-3-6)11(8,9)10/h13-16,35-36H,5-12H2,1-4H3;2*2-5H,1H3,(H,8,9,10). The van der Waals surface area contributed by atoms with Gasteiger partial charge in [0.05, 0.1) is 47.7 Å². The van der Waals surface area contributed by atoms with Crippen molar-refractivity contribution >= 4 is 42.6 Å². The van der Waals surface area contributed by atoms with E-state index < -0.39 is 54.9 Å². The van der Waals surface area contributed by atoms with Crippen LogP contribution in [0.25, 0.3) is 22.3 Å². The summed E-state index contributed by atoms with van der Waals surface area (Å²) in [6.07, 6.45) is 1.41. The molecular formula is C38H50N10O12S2. The molecule has 0 bridgehead atoms. The summed E-state index contributed by atoms with van der Waals surface area (Å²) in [5.74, 6) is 0. The van der Waals surface area contributed by atoms with E-state index in [1.807, 2.05) is 13.8 Å². The van der Waals surface area contributed by atoms with E-state index in [9.17, 15) is 46.2 Å². The number of hydrogen-bond acceptors (Lipinski definition) is 14. The van der Waals surface area contributed by atoms with Crippen molar-refractivity contribution in [3.63, 3.8) is 0 Å². The minimum Gasteiger partial charge on any atom is -0.390 e. The second-order valence-corrected chi connectivity index (χ2v) is 17.9. The number of aliphatic hydroxyl groups excluding tert-OH is 2. The van der Waals surface area contributed by atoms with Gasteiger partial charge in [-0.2, -0.15) is 16.8 Å². The molecule has 2 aromatic carbocycles. The summed E-state index contributed by atoms with van der Waals surface area (Å²) in [4.78, 5) is 62.1. The number of rotatable bonds is 10. The molecule has 336 valence electrons. The molecule has 6 aromatic rings. The van der Waals surface area contributed by atoms with Crippen LogP contribution in [0, 0.1) is 13.8 Å². The zero-order valence-electron chi connectivity index (χ0n) is 34.9. The van der Waals surface area contributed by atoms with E-state index in [0.717, 1.165) is 20.3 Å². The van der Waals surface area contributed by atoms with Gasteiger partial charge in [0.1, 0.15) is 0 Å². The Balaban J connectivity index is 0.000000267. The van der Waals surface area contributed by atoms with Gasteiger partial charge in [-0.25, -0.2) is 19.6 Å². The van der Waals surface area contributed by atoms with Crippen molar-refractivity contribution in [2.24, 2.45) is 28.2 Å². The van der Waals surface area contributed by atoms with Crippen molar-refractivity contribution in [2.75, 3.05) is 39.3 Å². The molecule has 1 saturated heterocycles. The summed E-state index contributed by atoms with van der Waals surface area (Å²) in [6.45, 7) is 7.52. The van der Waals surface area contributed by atoms with Crippen LogP contribution in [0.15, 0.2) is 90.2 Å². The quantitative estimate of drug-likeness (QED) is 0.116. The van der Waals surface area contributed by atoms with Crippen LogP contribution in [0.3, 0.4) is 0 Å². The van der Waals surface area contributed by atoms with Crippen LogP contribution in [-0.2, 0) is 61.5 Å². The fourth-order valence-electron chi connectivity index (χ4n) is 6.81. The Morgan fingerprint density at radius 2 is 0.839 bits per heavy atom. The van der Waals surface area contributed by atoms with E-state index >= 15 is 0 Å². The molecule has 1 fully saturated rings. The number of aromatic nitrogens is 8. The van der Waals surface area contributed by atoms with Crippen LogP contribution in [-0.4, -0.2) is 135 Å². The summed E-state index contributed by atoms with van der Waals surface area (Å²) >= 11 is 0. The number of nitrogens with zero attached hydrogens (tertiary/aromatic N) is 10. The third-order valence-corrected chi connectivity index (χ3v) is 12.0. The Morgan fingerprint density at radius 3 is 1.13 bits per heavy atom. The zero-order valence-corrected chi connectivity index (χ0v) is 36.6. The lowest BCUT2D eigenvalue weighted by atomic mass is 10.2. The van der Waals surface area contributed by atoms with Crippen molar-refractivity contribution in [3.05, 3.63) is 114 Å². The van der Waals surface area contributed by atoms with Crippen molar-refractivity contribution in [1.82, 2.24) is 47.2 Å². The maximum Gasteiger partial charge on any atom is 0.332 e. The smallest absolute Gasteiger partial charge is 0.332 e. The van der Waals surface area contributed by atoms with Crippen LogP contribution in [0.4, 0.5) is 0 Å². The van der Waals surface area contributed by atoms with E-state index in [1.165, 1.54) is 60.1 Å². The minimum absolute atomic E-state index is 0.0666. The third kappa shape index (κ3) is 11.1. The van der Waals surface area contributed by atoms with Gasteiger partial charge in [0.2, 0.25) is 0 Å². The fraction of sp³-hybridized carbons (Fsp3) is 0.421. The van der Waals surface area contributed by atoms with Gasteiger partial charge in [-0.1, -0.05) is 35.4 Å². The molecule has 2 unspecified atom stereocenters. The second kappa shape index (κ2) is 19.2. The highest BCUT2D eigenvalue weighted by atomic mass is 32.2. The lowest BCUT2D eigenvalue weighted by Gasteiger charge is -2.36. The van der Waals surface area contributed by atoms with Gasteiger partial charge in [0, 0.05) is 67.5 Å². The summed E-state index contributed by atoms with van der Waals surface area (Å²) in [5.41, 5.74) is 1.19. The van der Waals surface area contributed by atoms with Crippen molar-refractivity contribution < 1.29 is 36.2 Å². The first-order valence-corrected chi connectivity index (χ1v) is 22.0. The maximum absolute atomic E-state index is 12.6. The first kappa shape index (κ1) is 47.4. The molecule has 1 aliphatic rings. The average Bonchev–Trinajstić information content (AvgIpc) is 3.83. The molecule has 0 radical (unpaired) electrons. The predicted molar refractivity (Wildman–Crippen MR) is 227 cm³/mol. The Bertz CT molecular complexity index is 2810. The van der Waals surface area contributed by atoms with Gasteiger partial charge < -0.3 is 19.3 Å². The second-order valence-electron chi connectivity index (χ2n) is 15.0. The minimum atomic E-state index is -4.02. The van der Waals surface area contributed by atoms with Gasteiger partial charge in [0.15, 0.2) is 22.3 Å². The van der Waals surface area contributed by atoms with Gasteiger partial charge in [-0.3, -0.25) is 46.8 Å². The van der Waals surface area contributed by atoms with Gasteiger partial charge in [-0.15, -0.1) is 0 Å². The van der Waals surface area contributed by atoms with Crippen LogP contribution in [0.1, 0.15) is 11.1 Å². The summed E-state index contributed by atoms with van der Waals surface area (Å²) in [7, 11) is -2.11. The predicted octanol–water partition coefficient (Wildman–Crippen LogP) is -1.30. The van der Waals surface area contributed by atoms with Crippen LogP contribution < -0.4 is 22.5 Å². The third-order valence-electron chi connectivity index (χ3n) is 10.3. The summed E-state index contributed by atoms with van der Waals surface area (Å²) < 4.78 is 66.9. The number of aliphatic hydroxyl groups is 2. The molecule has 5 heterocycles. The van der Waals surface area contributed by atoms with E-state index in [-0.39, 0.29) is 45.2 Å². The molecule has 24 heteroatoms. The van der Waals surface area contributed by atoms with Crippen LogP contribution in [0.5, 0.6) is 0 Å². The number of fused-ring (bicyclic) bond motifs is 2. The zero-order chi connectivity index (χ0) is 45.8. The molecule has 0 saturated carbocycles. The number of aryl methyl sites for hydroxylation is 4. The monoisotopic (exact) mass is 902 g/mol. The lowest BCUT2D eigenvalue weighted by Crippen LogP contribution is -2.51. The maximum atomic E-state index is 12.6. The lowest BCUT2D eigenvalue weighted by molar-refractivity contribution is 0.0408. The van der Waals surface area contributed by atoms with E-state index in [4.69, 9.17) is 9.11 Å². The molecule has 0 spiro atoms. The topological polar surface area (TPSA) is 279 Å². The van der Waals surface area contributed by atoms with Gasteiger partial charge in [0.25, 0.3) is 31.4 Å². The molecule has 0 aliphatic carbocycles. The Kier molecular flexibility index (Phi) is 14.7. The molecule has 4 aromatic heterocycles. The van der Waals surface area contributed by atoms with Gasteiger partial charge in [-0.05, 0) is 38.1 Å². The number of benzene rings is 2. The molecule has 22 nitrogen and oxygen atoms in total. The summed E-state index contributed by atoms with van der Waals surface area (Å²) in [5, 5.41) is 21.5. The molecule has 0 amide bonds. The Morgan fingerprint density at radius 1 is 0.532 bits per heavy atom. The van der Waals surface area contributed by atoms with Gasteiger partial charge >= 0.3 is 11.4 Å². The van der Waals surface area contributed by atoms with Crippen molar-refractivity contribution in [3.8, 4) is 0 Å². The SMILES string of the molecule is Cc1ccc(S(=O)(=O)O)cc1.Cc1ccc(S(=O)(=O)O)cc1.Cn1c(=O)c2c(ncn2CC(O)CN2CCN(CC(O)Cn3cnc4c3c(=O)n(C)c(=O)n4C)CC2)n(C)c1=O. The molecule has 7 rings (SSSR count). The highest BCUT2D eigenvalue weighted by Gasteiger charge is 2.24. The average molecular weight is 903 g/mol. The Labute approximate surface area is 355 Å². The molecule has 4 N–H and O–H groups in total. The first-order chi connectivity index (χ1) is 29.0. The highest BCUT2D eigenvalue weighted by Crippen LogP contribution is 2.12. The largest absolute Gasteiger partial charge is 0.390 e. The fourth-order valence-corrected chi connectivity index (χ4v) is 7.77. The van der Waals surface area contributed by atoms with Crippen molar-refractivity contribution in [1.29, 1.82) is 0 Å². The molecule has 1 aliphatic heterocycles. The number of piperazine rings is 1. The van der Waals surface area contributed by atoms with E-state index in [2.05, 4.69) is 19.8 Å². The summed E-state index contributed by atoms with van der Waals surface area (Å²) in [6, 6.07) is 12.0. The Hall–Kier alpha value is -5.60. The van der Waals surface area contributed by atoms with Crippen LogP contribution in [0.2, 0.25) is 0 Å². The van der Waals surface area contributed by atoms with E-state index in [0.29, 0.717) is 39.3 Å². The number of imidazole rings is 2. The first-order valence-electron chi connectivity index (χ1n) is 19.1. The highest BCUT2D eigenvalue weighted by molar-refractivity contribution is 7.86.